The van der Waals surface area contributed by atoms with Crippen molar-refractivity contribution in [2.24, 2.45) is 0 Å². The minimum atomic E-state index is -3.63. The highest BCUT2D eigenvalue weighted by molar-refractivity contribution is 9.10. The molecule has 1 fully saturated rings. The lowest BCUT2D eigenvalue weighted by molar-refractivity contribution is 0.0952. The van der Waals surface area contributed by atoms with Crippen molar-refractivity contribution in [2.45, 2.75) is 31.1 Å². The minimum absolute atomic E-state index is 0.0884. The topological polar surface area (TPSA) is 95.6 Å². The van der Waals surface area contributed by atoms with Crippen LogP contribution in [-0.4, -0.2) is 44.2 Å². The summed E-state index contributed by atoms with van der Waals surface area (Å²) in [6.07, 6.45) is 2.50. The molecule has 3 rings (SSSR count). The Labute approximate surface area is 185 Å². The molecule has 7 nitrogen and oxygen atoms in total. The fraction of sp³-hybridized carbons (Fsp3) is 0.333. The summed E-state index contributed by atoms with van der Waals surface area (Å²) in [5.41, 5.74) is 1.09. The van der Waals surface area contributed by atoms with Crippen molar-refractivity contribution in [3.05, 3.63) is 58.1 Å². The van der Waals surface area contributed by atoms with E-state index in [2.05, 4.69) is 26.6 Å². The van der Waals surface area contributed by atoms with Gasteiger partial charge >= 0.3 is 0 Å². The lowest BCUT2D eigenvalue weighted by Crippen LogP contribution is -2.28. The van der Waals surface area contributed by atoms with Gasteiger partial charge in [-0.05, 0) is 71.6 Å². The monoisotopic (exact) mass is 493 g/mol. The Kier molecular flexibility index (Phi) is 7.27. The molecule has 0 radical (unpaired) electrons. The Morgan fingerprint density at radius 2 is 1.80 bits per heavy atom. The van der Waals surface area contributed by atoms with E-state index in [1.54, 1.807) is 30.3 Å². The molecular formula is C21H24BrN3O4S. The third kappa shape index (κ3) is 5.08. The van der Waals surface area contributed by atoms with Crippen molar-refractivity contribution in [2.75, 3.05) is 25.0 Å². The van der Waals surface area contributed by atoms with E-state index in [-0.39, 0.29) is 16.4 Å². The molecule has 9 heteroatoms. The summed E-state index contributed by atoms with van der Waals surface area (Å²) in [7, 11) is -3.63. The molecule has 2 amide bonds. The van der Waals surface area contributed by atoms with E-state index in [4.69, 9.17) is 0 Å². The normalized spacial score (nSPS) is 14.5. The summed E-state index contributed by atoms with van der Waals surface area (Å²) in [6.45, 7) is 3.52. The van der Waals surface area contributed by atoms with Crippen LogP contribution in [0.2, 0.25) is 0 Å². The zero-order valence-corrected chi connectivity index (χ0v) is 19.1. The number of anilines is 1. The van der Waals surface area contributed by atoms with Crippen LogP contribution < -0.4 is 10.6 Å². The molecule has 2 N–H and O–H groups in total. The number of nitrogens with one attached hydrogen (secondary N) is 2. The van der Waals surface area contributed by atoms with Gasteiger partial charge in [0.25, 0.3) is 11.8 Å². The molecule has 0 atom stereocenters. The van der Waals surface area contributed by atoms with Crippen LogP contribution >= 0.6 is 15.9 Å². The first-order valence-corrected chi connectivity index (χ1v) is 12.1. The number of hydrogen-bond donors (Lipinski definition) is 2. The van der Waals surface area contributed by atoms with E-state index < -0.39 is 15.9 Å². The zero-order valence-electron chi connectivity index (χ0n) is 16.7. The molecule has 0 spiro atoms. The summed E-state index contributed by atoms with van der Waals surface area (Å²) in [6, 6.07) is 11.0. The van der Waals surface area contributed by atoms with Crippen molar-refractivity contribution < 1.29 is 18.0 Å². The van der Waals surface area contributed by atoms with E-state index in [9.17, 15) is 18.0 Å². The van der Waals surface area contributed by atoms with Gasteiger partial charge in [0.15, 0.2) is 0 Å². The lowest BCUT2D eigenvalue weighted by atomic mass is 10.1. The number of amides is 2. The van der Waals surface area contributed by atoms with Gasteiger partial charge in [-0.25, -0.2) is 8.42 Å². The molecule has 1 saturated heterocycles. The molecule has 0 aliphatic carbocycles. The number of sulfonamides is 1. The molecule has 2 aromatic carbocycles. The van der Waals surface area contributed by atoms with Gasteiger partial charge in [0.2, 0.25) is 10.0 Å². The fourth-order valence-electron chi connectivity index (χ4n) is 3.19. The predicted molar refractivity (Wildman–Crippen MR) is 119 cm³/mol. The minimum Gasteiger partial charge on any atom is -0.352 e. The Bertz CT molecular complexity index is 1050. The smallest absolute Gasteiger partial charge is 0.256 e. The van der Waals surface area contributed by atoms with Crippen molar-refractivity contribution >= 4 is 43.5 Å². The van der Waals surface area contributed by atoms with Gasteiger partial charge < -0.3 is 10.6 Å². The number of carbonyl (C=O) groups is 2. The Morgan fingerprint density at radius 1 is 1.07 bits per heavy atom. The number of carbonyl (C=O) groups excluding carboxylic acids is 2. The third-order valence-electron chi connectivity index (χ3n) is 4.80. The number of hydrogen-bond acceptors (Lipinski definition) is 4. The molecule has 1 aliphatic heterocycles. The quantitative estimate of drug-likeness (QED) is 0.615. The van der Waals surface area contributed by atoms with Crippen LogP contribution in [0.25, 0.3) is 0 Å². The number of nitrogens with zero attached hydrogens (tertiary/aromatic N) is 1. The summed E-state index contributed by atoms with van der Waals surface area (Å²) in [4.78, 5) is 25.1. The van der Waals surface area contributed by atoms with Gasteiger partial charge in [-0.3, -0.25) is 9.59 Å². The first kappa shape index (κ1) is 22.5. The van der Waals surface area contributed by atoms with Crippen LogP contribution in [0.1, 0.15) is 46.9 Å². The van der Waals surface area contributed by atoms with E-state index in [1.807, 2.05) is 6.92 Å². The second-order valence-corrected chi connectivity index (χ2v) is 9.84. The highest BCUT2D eigenvalue weighted by atomic mass is 79.9. The SMILES string of the molecule is CCCNC(=O)c1cccc(NC(=O)c2cc(S(=O)(=O)N3CCCC3)ccc2Br)c1. The van der Waals surface area contributed by atoms with Crippen LogP contribution in [0, 0.1) is 0 Å². The first-order valence-electron chi connectivity index (χ1n) is 9.82. The molecule has 0 saturated carbocycles. The van der Waals surface area contributed by atoms with Crippen LogP contribution in [0.4, 0.5) is 5.69 Å². The Balaban J connectivity index is 1.81. The molecule has 0 unspecified atom stereocenters. The van der Waals surface area contributed by atoms with Crippen LogP contribution in [0.15, 0.2) is 51.8 Å². The summed E-state index contributed by atoms with van der Waals surface area (Å²) in [5, 5.41) is 5.53. The lowest BCUT2D eigenvalue weighted by Gasteiger charge is -2.16. The van der Waals surface area contributed by atoms with Crippen LogP contribution in [-0.2, 0) is 10.0 Å². The second kappa shape index (κ2) is 9.72. The molecule has 160 valence electrons. The maximum Gasteiger partial charge on any atom is 0.256 e. The summed E-state index contributed by atoms with van der Waals surface area (Å²) in [5.74, 6) is -0.681. The van der Waals surface area contributed by atoms with Crippen molar-refractivity contribution in [1.29, 1.82) is 0 Å². The average molecular weight is 494 g/mol. The molecular weight excluding hydrogens is 470 g/mol. The highest BCUT2D eigenvalue weighted by Gasteiger charge is 2.28. The van der Waals surface area contributed by atoms with Gasteiger partial charge in [-0.1, -0.05) is 13.0 Å². The molecule has 30 heavy (non-hydrogen) atoms. The van der Waals surface area contributed by atoms with E-state index in [0.29, 0.717) is 35.4 Å². The van der Waals surface area contributed by atoms with Gasteiger partial charge in [-0.15, -0.1) is 0 Å². The van der Waals surface area contributed by atoms with Crippen molar-refractivity contribution in [3.63, 3.8) is 0 Å². The molecule has 1 aliphatic rings. The molecule has 0 aromatic heterocycles. The fourth-order valence-corrected chi connectivity index (χ4v) is 5.16. The predicted octanol–water partition coefficient (Wildman–Crippen LogP) is 3.63. The van der Waals surface area contributed by atoms with Gasteiger partial charge in [0.05, 0.1) is 10.5 Å². The standard InChI is InChI=1S/C21H24BrN3O4S/c1-2-10-23-20(26)15-6-5-7-16(13-15)24-21(27)18-14-17(8-9-19(18)22)30(28,29)25-11-3-4-12-25/h5-9,13-14H,2-4,10-12H2,1H3,(H,23,26)(H,24,27). The van der Waals surface area contributed by atoms with E-state index >= 15 is 0 Å². The second-order valence-electron chi connectivity index (χ2n) is 7.04. The van der Waals surface area contributed by atoms with Gasteiger partial charge in [-0.2, -0.15) is 4.31 Å². The van der Waals surface area contributed by atoms with Gasteiger partial charge in [0.1, 0.15) is 0 Å². The molecule has 2 aromatic rings. The number of rotatable bonds is 7. The maximum atomic E-state index is 12.8. The summed E-state index contributed by atoms with van der Waals surface area (Å²) >= 11 is 3.33. The third-order valence-corrected chi connectivity index (χ3v) is 7.39. The first-order chi connectivity index (χ1) is 14.3. The number of benzene rings is 2. The largest absolute Gasteiger partial charge is 0.352 e. The van der Waals surface area contributed by atoms with Crippen LogP contribution in [0.3, 0.4) is 0 Å². The zero-order chi connectivity index (χ0) is 21.7. The average Bonchev–Trinajstić information content (AvgIpc) is 3.28. The number of halogens is 1. The van der Waals surface area contributed by atoms with Crippen molar-refractivity contribution in [1.82, 2.24) is 9.62 Å². The van der Waals surface area contributed by atoms with E-state index in [1.165, 1.54) is 16.4 Å². The molecule has 1 heterocycles. The maximum absolute atomic E-state index is 12.8. The highest BCUT2D eigenvalue weighted by Crippen LogP contribution is 2.26. The van der Waals surface area contributed by atoms with E-state index in [0.717, 1.165) is 19.3 Å². The van der Waals surface area contributed by atoms with Crippen molar-refractivity contribution in [3.8, 4) is 0 Å². The Morgan fingerprint density at radius 3 is 2.50 bits per heavy atom. The van der Waals surface area contributed by atoms with Gasteiger partial charge in [0, 0.05) is 35.4 Å². The van der Waals surface area contributed by atoms with Crippen LogP contribution in [0.5, 0.6) is 0 Å². The molecule has 0 bridgehead atoms. The summed E-state index contributed by atoms with van der Waals surface area (Å²) < 4.78 is 27.6. The Hall–Kier alpha value is -2.23.